The summed E-state index contributed by atoms with van der Waals surface area (Å²) < 4.78 is 6.61. The van der Waals surface area contributed by atoms with E-state index in [9.17, 15) is 5.26 Å². The first kappa shape index (κ1) is 23.6. The van der Waals surface area contributed by atoms with Crippen LogP contribution in [-0.2, 0) is 7.05 Å². The van der Waals surface area contributed by atoms with E-state index in [2.05, 4.69) is 112 Å². The van der Waals surface area contributed by atoms with Gasteiger partial charge in [0, 0.05) is 28.2 Å². The first-order chi connectivity index (χ1) is 16.1. The second-order valence-electron chi connectivity index (χ2n) is 9.93. The van der Waals surface area contributed by atoms with Crippen LogP contribution in [0.4, 0.5) is 0 Å². The monoisotopic (exact) mass is 451 g/mol. The molecule has 174 valence electrons. The lowest BCUT2D eigenvalue weighted by atomic mass is 9.91. The van der Waals surface area contributed by atoms with E-state index in [-0.39, 0.29) is 0 Å². The van der Waals surface area contributed by atoms with E-state index in [0.717, 1.165) is 11.4 Å². The van der Waals surface area contributed by atoms with Crippen molar-refractivity contribution in [1.82, 2.24) is 9.13 Å². The summed E-state index contributed by atoms with van der Waals surface area (Å²) in [5.74, 6) is 1.65. The number of imidazole rings is 1. The van der Waals surface area contributed by atoms with Crippen LogP contribution in [0.3, 0.4) is 0 Å². The van der Waals surface area contributed by atoms with Gasteiger partial charge in [-0.2, -0.15) is 9.83 Å². The summed E-state index contributed by atoms with van der Waals surface area (Å²) in [7, 11) is 1.99. The van der Waals surface area contributed by atoms with Crippen molar-refractivity contribution >= 4 is 0 Å². The predicted octanol–water partition coefficient (Wildman–Crippen LogP) is 6.80. The Labute approximate surface area is 203 Å². The number of aromatic nitrogens is 3. The maximum absolute atomic E-state index is 9.92. The van der Waals surface area contributed by atoms with Gasteiger partial charge in [-0.15, -0.1) is 0 Å². The highest BCUT2D eigenvalue weighted by molar-refractivity contribution is 5.65. The molecule has 0 atom stereocenters. The number of rotatable bonds is 5. The molecule has 0 amide bonds. The molecule has 0 fully saturated rings. The van der Waals surface area contributed by atoms with Gasteiger partial charge in [0.05, 0.1) is 12.6 Å². The van der Waals surface area contributed by atoms with Gasteiger partial charge in [-0.1, -0.05) is 45.9 Å². The molecule has 4 aromatic rings. The van der Waals surface area contributed by atoms with Gasteiger partial charge in [-0.05, 0) is 68.5 Å². The molecule has 0 aliphatic rings. The molecule has 4 rings (SSSR count). The number of benzene rings is 2. The van der Waals surface area contributed by atoms with E-state index >= 15 is 0 Å². The summed E-state index contributed by atoms with van der Waals surface area (Å²) in [6, 6.07) is 19.8. The second kappa shape index (κ2) is 8.99. The van der Waals surface area contributed by atoms with Gasteiger partial charge in [0.1, 0.15) is 11.8 Å². The van der Waals surface area contributed by atoms with Crippen molar-refractivity contribution in [1.29, 1.82) is 5.26 Å². The third kappa shape index (κ3) is 3.86. The van der Waals surface area contributed by atoms with E-state index in [4.69, 9.17) is 0 Å². The topological polar surface area (TPSA) is 37.5 Å². The Morgan fingerprint density at radius 1 is 0.853 bits per heavy atom. The van der Waals surface area contributed by atoms with Gasteiger partial charge in [0.15, 0.2) is 6.20 Å². The van der Waals surface area contributed by atoms with Crippen molar-refractivity contribution in [2.45, 2.75) is 60.3 Å². The zero-order valence-electron chi connectivity index (χ0n) is 21.6. The Morgan fingerprint density at radius 3 is 1.91 bits per heavy atom. The molecule has 0 aliphatic carbocycles. The third-order valence-corrected chi connectivity index (χ3v) is 6.83. The number of hydrogen-bond donors (Lipinski definition) is 0. The smallest absolute Gasteiger partial charge is 0.295 e. The third-order valence-electron chi connectivity index (χ3n) is 6.83. The van der Waals surface area contributed by atoms with Crippen molar-refractivity contribution in [2.75, 3.05) is 0 Å². The fraction of sp³-hybridized carbons (Fsp3) is 0.333. The van der Waals surface area contributed by atoms with Gasteiger partial charge in [0.25, 0.3) is 5.82 Å². The number of nitriles is 1. The average Bonchev–Trinajstić information content (AvgIpc) is 3.31. The fourth-order valence-corrected chi connectivity index (χ4v) is 4.98. The minimum Gasteiger partial charge on any atom is -0.318 e. The molecule has 0 radical (unpaired) electrons. The Hall–Kier alpha value is -3.58. The van der Waals surface area contributed by atoms with Crippen molar-refractivity contribution in [3.05, 3.63) is 88.5 Å². The molecule has 2 aromatic heterocycles. The quantitative estimate of drug-likeness (QED) is 0.307. The Balaban J connectivity index is 2.12. The summed E-state index contributed by atoms with van der Waals surface area (Å²) >= 11 is 0. The molecule has 4 heteroatoms. The SMILES string of the molecule is Cc1ccccc1-c1n(-c2c(C(C)C)cc(-n3c(C)ccc3C)cc2C(C)C)cc(C#N)[n+]1C. The molecule has 4 nitrogen and oxygen atoms in total. The molecule has 0 spiro atoms. The van der Waals surface area contributed by atoms with Crippen LogP contribution in [0.15, 0.2) is 54.7 Å². The molecule has 0 N–H and O–H groups in total. The van der Waals surface area contributed by atoms with Crippen LogP contribution in [0, 0.1) is 32.1 Å². The minimum absolute atomic E-state index is 0.312. The first-order valence-electron chi connectivity index (χ1n) is 12.1. The van der Waals surface area contributed by atoms with Crippen molar-refractivity contribution in [3.8, 4) is 28.8 Å². The molecular formula is C30H35N4+. The van der Waals surface area contributed by atoms with Crippen LogP contribution in [0.2, 0.25) is 0 Å². The Bertz CT molecular complexity index is 1360. The van der Waals surface area contributed by atoms with Crippen LogP contribution in [0.5, 0.6) is 0 Å². The maximum Gasteiger partial charge on any atom is 0.295 e. The van der Waals surface area contributed by atoms with Gasteiger partial charge in [-0.25, -0.2) is 4.57 Å². The zero-order valence-corrected chi connectivity index (χ0v) is 21.6. The molecule has 0 saturated heterocycles. The summed E-state index contributed by atoms with van der Waals surface area (Å²) in [6.07, 6.45) is 2.00. The summed E-state index contributed by atoms with van der Waals surface area (Å²) in [5, 5.41) is 9.92. The zero-order chi connectivity index (χ0) is 24.7. The summed E-state index contributed by atoms with van der Waals surface area (Å²) in [4.78, 5) is 0. The van der Waals surface area contributed by atoms with Crippen LogP contribution in [0.1, 0.15) is 73.3 Å². The van der Waals surface area contributed by atoms with E-state index in [1.165, 1.54) is 39.5 Å². The predicted molar refractivity (Wildman–Crippen MR) is 139 cm³/mol. The minimum atomic E-state index is 0.312. The number of nitrogens with zero attached hydrogens (tertiary/aromatic N) is 4. The Kier molecular flexibility index (Phi) is 6.23. The van der Waals surface area contributed by atoms with E-state index < -0.39 is 0 Å². The fourth-order valence-electron chi connectivity index (χ4n) is 4.98. The van der Waals surface area contributed by atoms with E-state index in [1.807, 2.05) is 17.8 Å². The maximum atomic E-state index is 9.92. The van der Waals surface area contributed by atoms with Crippen LogP contribution in [0.25, 0.3) is 22.8 Å². The van der Waals surface area contributed by atoms with Gasteiger partial charge in [0.2, 0.25) is 5.69 Å². The molecule has 0 bridgehead atoms. The van der Waals surface area contributed by atoms with Gasteiger partial charge >= 0.3 is 0 Å². The lowest BCUT2D eigenvalue weighted by Gasteiger charge is -2.21. The number of hydrogen-bond acceptors (Lipinski definition) is 1. The lowest BCUT2D eigenvalue weighted by molar-refractivity contribution is -0.661. The largest absolute Gasteiger partial charge is 0.318 e. The molecule has 0 aliphatic heterocycles. The highest BCUT2D eigenvalue weighted by Gasteiger charge is 2.30. The van der Waals surface area contributed by atoms with Gasteiger partial charge < -0.3 is 4.57 Å². The highest BCUT2D eigenvalue weighted by atomic mass is 15.2. The first-order valence-corrected chi connectivity index (χ1v) is 12.1. The number of aryl methyl sites for hydroxylation is 3. The van der Waals surface area contributed by atoms with E-state index in [0.29, 0.717) is 17.5 Å². The van der Waals surface area contributed by atoms with Crippen LogP contribution in [-0.4, -0.2) is 9.13 Å². The normalized spacial score (nSPS) is 11.4. The molecule has 0 saturated carbocycles. The standard InChI is InChI=1S/C30H35N4/c1-19(2)27-15-24(34-22(6)13-14-23(34)7)16-28(20(3)4)29(27)33-18-25(17-31)32(8)30(33)26-12-10-9-11-21(26)5/h9-16,18-20H,1-8H3/q+1. The molecule has 34 heavy (non-hydrogen) atoms. The molecular weight excluding hydrogens is 416 g/mol. The second-order valence-corrected chi connectivity index (χ2v) is 9.93. The van der Waals surface area contributed by atoms with Crippen LogP contribution >= 0.6 is 0 Å². The van der Waals surface area contributed by atoms with Crippen LogP contribution < -0.4 is 4.57 Å². The summed E-state index contributed by atoms with van der Waals surface area (Å²) in [5.41, 5.74) is 10.4. The summed E-state index contributed by atoms with van der Waals surface area (Å²) in [6.45, 7) is 15.5. The van der Waals surface area contributed by atoms with E-state index in [1.54, 1.807) is 0 Å². The molecule has 0 unspecified atom stereocenters. The highest BCUT2D eigenvalue weighted by Crippen LogP contribution is 2.37. The van der Waals surface area contributed by atoms with Crippen molar-refractivity contribution < 1.29 is 4.57 Å². The van der Waals surface area contributed by atoms with Crippen molar-refractivity contribution in [2.24, 2.45) is 7.05 Å². The van der Waals surface area contributed by atoms with Gasteiger partial charge in [-0.3, -0.25) is 0 Å². The lowest BCUT2D eigenvalue weighted by Crippen LogP contribution is -2.33. The molecule has 2 aromatic carbocycles. The Morgan fingerprint density at radius 2 is 1.41 bits per heavy atom. The van der Waals surface area contributed by atoms with Crippen molar-refractivity contribution in [3.63, 3.8) is 0 Å². The average molecular weight is 452 g/mol. The molecule has 2 heterocycles.